The van der Waals surface area contributed by atoms with Gasteiger partial charge in [-0.15, -0.1) is 0 Å². The van der Waals surface area contributed by atoms with Crippen LogP contribution in [0.15, 0.2) is 24.3 Å². The summed E-state index contributed by atoms with van der Waals surface area (Å²) in [6.07, 6.45) is 5.00. The van der Waals surface area contributed by atoms with Crippen molar-refractivity contribution in [3.05, 3.63) is 29.8 Å². The third kappa shape index (κ3) is 6.93. The Morgan fingerprint density at radius 3 is 2.38 bits per heavy atom. The van der Waals surface area contributed by atoms with Crippen LogP contribution in [0.2, 0.25) is 0 Å². The molecule has 0 aromatic heterocycles. The van der Waals surface area contributed by atoms with Gasteiger partial charge in [-0.2, -0.15) is 0 Å². The van der Waals surface area contributed by atoms with E-state index >= 15 is 0 Å². The van der Waals surface area contributed by atoms with E-state index in [0.29, 0.717) is 12.2 Å². The van der Waals surface area contributed by atoms with Crippen LogP contribution in [0.3, 0.4) is 0 Å². The Kier molecular flexibility index (Phi) is 8.17. The van der Waals surface area contributed by atoms with Gasteiger partial charge in [0.1, 0.15) is 6.29 Å². The Labute approximate surface area is 127 Å². The maximum Gasteiger partial charge on any atom is 0.302 e. The third-order valence-electron chi connectivity index (χ3n) is 3.30. The predicted molar refractivity (Wildman–Crippen MR) is 84.8 cm³/mol. The lowest BCUT2D eigenvalue weighted by Crippen LogP contribution is -2.25. The van der Waals surface area contributed by atoms with Crippen molar-refractivity contribution in [2.75, 3.05) is 24.6 Å². The van der Waals surface area contributed by atoms with E-state index in [9.17, 15) is 9.59 Å². The van der Waals surface area contributed by atoms with E-state index in [1.165, 1.54) is 6.92 Å². The summed E-state index contributed by atoms with van der Waals surface area (Å²) in [5, 5.41) is 0. The molecule has 4 heteroatoms. The van der Waals surface area contributed by atoms with E-state index in [1.807, 2.05) is 24.3 Å². The minimum Gasteiger partial charge on any atom is -0.466 e. The van der Waals surface area contributed by atoms with Crippen molar-refractivity contribution in [1.29, 1.82) is 0 Å². The number of benzene rings is 1. The molecule has 116 valence electrons. The van der Waals surface area contributed by atoms with E-state index < -0.39 is 0 Å². The molecule has 0 unspecified atom stereocenters. The Hall–Kier alpha value is -1.84. The smallest absolute Gasteiger partial charge is 0.302 e. The molecule has 0 fully saturated rings. The first-order chi connectivity index (χ1) is 10.2. The summed E-state index contributed by atoms with van der Waals surface area (Å²) in [6, 6.07) is 7.68. The lowest BCUT2D eigenvalue weighted by molar-refractivity contribution is -0.141. The monoisotopic (exact) mass is 291 g/mol. The summed E-state index contributed by atoms with van der Waals surface area (Å²) in [5.74, 6) is -0.220. The molecule has 21 heavy (non-hydrogen) atoms. The highest BCUT2D eigenvalue weighted by molar-refractivity contribution is 5.75. The summed E-state index contributed by atoms with van der Waals surface area (Å²) in [7, 11) is 0. The fourth-order valence-corrected chi connectivity index (χ4v) is 2.10. The zero-order valence-corrected chi connectivity index (χ0v) is 13.0. The van der Waals surface area contributed by atoms with Gasteiger partial charge >= 0.3 is 5.97 Å². The minimum absolute atomic E-state index is 0.220. The highest BCUT2D eigenvalue weighted by Crippen LogP contribution is 2.16. The van der Waals surface area contributed by atoms with Crippen LogP contribution in [-0.2, 0) is 9.53 Å². The molecule has 0 radical (unpaired) electrons. The summed E-state index contributed by atoms with van der Waals surface area (Å²) in [5.41, 5.74) is 1.84. The number of esters is 1. The molecule has 0 aliphatic carbocycles. The van der Waals surface area contributed by atoms with Crippen molar-refractivity contribution in [3.63, 3.8) is 0 Å². The second-order valence-corrected chi connectivity index (χ2v) is 5.10. The van der Waals surface area contributed by atoms with Gasteiger partial charge in [0.2, 0.25) is 0 Å². The first kappa shape index (κ1) is 17.2. The summed E-state index contributed by atoms with van der Waals surface area (Å²) in [6.45, 7) is 6.03. The fourth-order valence-electron chi connectivity index (χ4n) is 2.10. The van der Waals surface area contributed by atoms with Crippen LogP contribution in [0.4, 0.5) is 5.69 Å². The molecule has 0 saturated carbocycles. The second kappa shape index (κ2) is 9.97. The Balaban J connectivity index is 2.49. The molecule has 0 aliphatic heterocycles. The van der Waals surface area contributed by atoms with Gasteiger partial charge in [-0.25, -0.2) is 0 Å². The number of hydrogen-bond donors (Lipinski definition) is 0. The van der Waals surface area contributed by atoms with Crippen molar-refractivity contribution < 1.29 is 14.3 Å². The largest absolute Gasteiger partial charge is 0.466 e. The van der Waals surface area contributed by atoms with Crippen LogP contribution in [0.1, 0.15) is 49.9 Å². The fraction of sp³-hybridized carbons (Fsp3) is 0.529. The van der Waals surface area contributed by atoms with Crippen molar-refractivity contribution in [2.24, 2.45) is 0 Å². The molecule has 0 heterocycles. The zero-order valence-electron chi connectivity index (χ0n) is 13.0. The molecule has 0 atom stereocenters. The first-order valence-corrected chi connectivity index (χ1v) is 7.61. The molecule has 0 aliphatic rings. The number of carbonyl (C=O) groups is 2. The normalized spacial score (nSPS) is 10.2. The van der Waals surface area contributed by atoms with Gasteiger partial charge in [0.15, 0.2) is 0 Å². The number of nitrogens with zero attached hydrogens (tertiary/aromatic N) is 1. The molecular weight excluding hydrogens is 266 g/mol. The van der Waals surface area contributed by atoms with Crippen LogP contribution in [0, 0.1) is 0 Å². The molecule has 0 saturated heterocycles. The van der Waals surface area contributed by atoms with Crippen molar-refractivity contribution in [1.82, 2.24) is 0 Å². The SMILES string of the molecule is CCCCN(CCCCOC(C)=O)c1ccc(C=O)cc1. The molecule has 0 bridgehead atoms. The zero-order chi connectivity index (χ0) is 15.5. The number of hydrogen-bond acceptors (Lipinski definition) is 4. The standard InChI is InChI=1S/C17H25NO3/c1-3-4-11-18(12-5-6-13-21-15(2)20)17-9-7-16(14-19)8-10-17/h7-10,14H,3-6,11-13H2,1-2H3. The molecule has 0 spiro atoms. The quantitative estimate of drug-likeness (QED) is 0.376. The van der Waals surface area contributed by atoms with E-state index in [2.05, 4.69) is 11.8 Å². The van der Waals surface area contributed by atoms with Gasteiger partial charge < -0.3 is 9.64 Å². The Bertz CT molecular complexity index is 428. The number of ether oxygens (including phenoxy) is 1. The number of carbonyl (C=O) groups excluding carboxylic acids is 2. The van der Waals surface area contributed by atoms with E-state index in [0.717, 1.165) is 50.7 Å². The molecule has 1 rings (SSSR count). The highest BCUT2D eigenvalue weighted by Gasteiger charge is 2.06. The van der Waals surface area contributed by atoms with Gasteiger partial charge in [-0.3, -0.25) is 9.59 Å². The topological polar surface area (TPSA) is 46.6 Å². The molecule has 0 amide bonds. The highest BCUT2D eigenvalue weighted by atomic mass is 16.5. The predicted octanol–water partition coefficient (Wildman–Crippen LogP) is 3.45. The number of anilines is 1. The lowest BCUT2D eigenvalue weighted by Gasteiger charge is -2.25. The van der Waals surface area contributed by atoms with E-state index in [4.69, 9.17) is 4.74 Å². The molecule has 0 N–H and O–H groups in total. The maximum absolute atomic E-state index is 10.7. The summed E-state index contributed by atoms with van der Waals surface area (Å²) >= 11 is 0. The molecular formula is C17H25NO3. The van der Waals surface area contributed by atoms with Gasteiger partial charge in [-0.1, -0.05) is 13.3 Å². The van der Waals surface area contributed by atoms with E-state index in [1.54, 1.807) is 0 Å². The Morgan fingerprint density at radius 2 is 1.81 bits per heavy atom. The third-order valence-corrected chi connectivity index (χ3v) is 3.30. The van der Waals surface area contributed by atoms with Crippen LogP contribution < -0.4 is 4.90 Å². The van der Waals surface area contributed by atoms with Crippen molar-refractivity contribution in [2.45, 2.75) is 39.5 Å². The van der Waals surface area contributed by atoms with Crippen LogP contribution in [-0.4, -0.2) is 32.0 Å². The average molecular weight is 291 g/mol. The summed E-state index contributed by atoms with van der Waals surface area (Å²) in [4.78, 5) is 23.7. The van der Waals surface area contributed by atoms with Gasteiger partial charge in [-0.05, 0) is 43.5 Å². The Morgan fingerprint density at radius 1 is 1.14 bits per heavy atom. The maximum atomic E-state index is 10.7. The van der Waals surface area contributed by atoms with E-state index in [-0.39, 0.29) is 5.97 Å². The van der Waals surface area contributed by atoms with Gasteiger partial charge in [0, 0.05) is 31.3 Å². The molecule has 1 aromatic carbocycles. The number of unbranched alkanes of at least 4 members (excludes halogenated alkanes) is 2. The number of aldehydes is 1. The van der Waals surface area contributed by atoms with Crippen molar-refractivity contribution in [3.8, 4) is 0 Å². The first-order valence-electron chi connectivity index (χ1n) is 7.61. The van der Waals surface area contributed by atoms with Crippen molar-refractivity contribution >= 4 is 17.9 Å². The van der Waals surface area contributed by atoms with Gasteiger partial charge in [0.05, 0.1) is 6.61 Å². The lowest BCUT2D eigenvalue weighted by atomic mass is 10.2. The van der Waals surface area contributed by atoms with Crippen LogP contribution in [0.25, 0.3) is 0 Å². The minimum atomic E-state index is -0.220. The molecule has 1 aromatic rings. The summed E-state index contributed by atoms with van der Waals surface area (Å²) < 4.78 is 4.94. The average Bonchev–Trinajstić information content (AvgIpc) is 2.50. The second-order valence-electron chi connectivity index (χ2n) is 5.10. The molecule has 4 nitrogen and oxygen atoms in total. The van der Waals surface area contributed by atoms with Gasteiger partial charge in [0.25, 0.3) is 0 Å². The van der Waals surface area contributed by atoms with Crippen LogP contribution >= 0.6 is 0 Å². The number of rotatable bonds is 10. The van der Waals surface area contributed by atoms with Crippen LogP contribution in [0.5, 0.6) is 0 Å².